The van der Waals surface area contributed by atoms with E-state index in [0.717, 1.165) is 0 Å². The minimum absolute atomic E-state index is 0.0876. The van der Waals surface area contributed by atoms with Gasteiger partial charge in [0.05, 0.1) is 11.7 Å². The van der Waals surface area contributed by atoms with E-state index in [1.807, 2.05) is 0 Å². The molecule has 2 aliphatic heterocycles. The smallest absolute Gasteiger partial charge is 0.0915 e. The van der Waals surface area contributed by atoms with Crippen molar-refractivity contribution in [1.29, 1.82) is 0 Å². The van der Waals surface area contributed by atoms with Gasteiger partial charge in [0, 0.05) is 6.54 Å². The van der Waals surface area contributed by atoms with E-state index in [2.05, 4.69) is 32.7 Å². The van der Waals surface area contributed by atoms with Crippen molar-refractivity contribution in [2.24, 2.45) is 0 Å². The Hall–Kier alpha value is -0.340. The normalized spacial score (nSPS) is 35.6. The summed E-state index contributed by atoms with van der Waals surface area (Å²) in [4.78, 5) is 2.44. The summed E-state index contributed by atoms with van der Waals surface area (Å²) in [5, 5.41) is 0. The van der Waals surface area contributed by atoms with Gasteiger partial charge in [-0.3, -0.25) is 0 Å². The highest BCUT2D eigenvalue weighted by molar-refractivity contribution is 5.31. The van der Waals surface area contributed by atoms with Crippen LogP contribution in [-0.4, -0.2) is 36.7 Å². The number of hydrogen-bond donors (Lipinski definition) is 0. The summed E-state index contributed by atoms with van der Waals surface area (Å²) in [5.41, 5.74) is 3.23. The Morgan fingerprint density at radius 3 is 2.82 bits per heavy atom. The van der Waals surface area contributed by atoms with Crippen molar-refractivity contribution in [3.8, 4) is 0 Å². The highest BCUT2D eigenvalue weighted by Crippen LogP contribution is 2.44. The standard InChI is InChI=1S/C15H27NO/c1-5-7-14-12(2)13(3)17-15(14)8-6-10-16(4)11-9-15/h13H,5-11H2,1-4H3/t13-,15+/m1/s1. The molecule has 2 rings (SSSR count). The Kier molecular flexibility index (Phi) is 3.94. The molecule has 0 amide bonds. The molecule has 0 aromatic heterocycles. The third kappa shape index (κ3) is 2.43. The van der Waals surface area contributed by atoms with Gasteiger partial charge in [-0.05, 0) is 64.3 Å². The number of ether oxygens (including phenoxy) is 1. The lowest BCUT2D eigenvalue weighted by Crippen LogP contribution is -2.34. The molecule has 2 nitrogen and oxygen atoms in total. The molecule has 98 valence electrons. The monoisotopic (exact) mass is 237 g/mol. The van der Waals surface area contributed by atoms with Crippen LogP contribution in [0.2, 0.25) is 0 Å². The van der Waals surface area contributed by atoms with Crippen LogP contribution in [0, 0.1) is 0 Å². The number of rotatable bonds is 2. The SMILES string of the molecule is CCCC1=C(C)[C@@H](C)O[C@]12CCCN(C)CC2. The summed E-state index contributed by atoms with van der Waals surface area (Å²) in [6.07, 6.45) is 6.46. The lowest BCUT2D eigenvalue weighted by atomic mass is 9.83. The summed E-state index contributed by atoms with van der Waals surface area (Å²) in [6, 6.07) is 0. The van der Waals surface area contributed by atoms with E-state index in [1.165, 1.54) is 50.8 Å². The second kappa shape index (κ2) is 5.11. The van der Waals surface area contributed by atoms with Gasteiger partial charge >= 0.3 is 0 Å². The second-order valence-electron chi connectivity index (χ2n) is 5.82. The Bertz CT molecular complexity index is 310. The molecule has 0 unspecified atom stereocenters. The maximum absolute atomic E-state index is 6.39. The van der Waals surface area contributed by atoms with Crippen molar-refractivity contribution < 1.29 is 4.74 Å². The van der Waals surface area contributed by atoms with Crippen LogP contribution in [-0.2, 0) is 4.74 Å². The Morgan fingerprint density at radius 2 is 2.12 bits per heavy atom. The first-order valence-corrected chi connectivity index (χ1v) is 7.15. The van der Waals surface area contributed by atoms with Gasteiger partial charge in [0.15, 0.2) is 0 Å². The molecule has 0 radical (unpaired) electrons. The molecule has 2 heterocycles. The van der Waals surface area contributed by atoms with Crippen LogP contribution in [0.3, 0.4) is 0 Å². The summed E-state index contributed by atoms with van der Waals surface area (Å²) in [6.45, 7) is 9.16. The maximum atomic E-state index is 6.39. The average molecular weight is 237 g/mol. The van der Waals surface area contributed by atoms with E-state index in [4.69, 9.17) is 4.74 Å². The fourth-order valence-corrected chi connectivity index (χ4v) is 3.44. The summed E-state index contributed by atoms with van der Waals surface area (Å²) < 4.78 is 6.39. The van der Waals surface area contributed by atoms with Gasteiger partial charge in [-0.25, -0.2) is 0 Å². The molecule has 1 saturated heterocycles. The zero-order chi connectivity index (χ0) is 12.5. The van der Waals surface area contributed by atoms with Crippen LogP contribution in [0.1, 0.15) is 52.9 Å². The van der Waals surface area contributed by atoms with E-state index < -0.39 is 0 Å². The first kappa shape index (κ1) is 13.1. The van der Waals surface area contributed by atoms with E-state index in [0.29, 0.717) is 6.10 Å². The van der Waals surface area contributed by atoms with Crippen LogP contribution in [0.25, 0.3) is 0 Å². The number of hydrogen-bond acceptors (Lipinski definition) is 2. The van der Waals surface area contributed by atoms with Crippen LogP contribution >= 0.6 is 0 Å². The molecule has 0 saturated carbocycles. The zero-order valence-corrected chi connectivity index (χ0v) is 11.9. The minimum atomic E-state index is 0.0876. The Morgan fingerprint density at radius 1 is 1.35 bits per heavy atom. The van der Waals surface area contributed by atoms with Crippen LogP contribution in [0.5, 0.6) is 0 Å². The molecule has 0 bridgehead atoms. The second-order valence-corrected chi connectivity index (χ2v) is 5.82. The summed E-state index contributed by atoms with van der Waals surface area (Å²) >= 11 is 0. The first-order chi connectivity index (χ1) is 8.09. The third-order valence-corrected chi connectivity index (χ3v) is 4.56. The Balaban J connectivity index is 2.23. The highest BCUT2D eigenvalue weighted by Gasteiger charge is 2.43. The van der Waals surface area contributed by atoms with Crippen molar-refractivity contribution in [2.75, 3.05) is 20.1 Å². The molecule has 0 aliphatic carbocycles. The van der Waals surface area contributed by atoms with Gasteiger partial charge in [0.2, 0.25) is 0 Å². The van der Waals surface area contributed by atoms with Gasteiger partial charge < -0.3 is 9.64 Å². The molecule has 1 spiro atoms. The topological polar surface area (TPSA) is 12.5 Å². The molecule has 2 aliphatic rings. The maximum Gasteiger partial charge on any atom is 0.0915 e. The largest absolute Gasteiger partial charge is 0.363 e. The van der Waals surface area contributed by atoms with E-state index in [9.17, 15) is 0 Å². The van der Waals surface area contributed by atoms with Crippen LogP contribution in [0.4, 0.5) is 0 Å². The Labute approximate surface area is 106 Å². The lowest BCUT2D eigenvalue weighted by molar-refractivity contribution is -0.0345. The van der Waals surface area contributed by atoms with Gasteiger partial charge in [-0.15, -0.1) is 0 Å². The van der Waals surface area contributed by atoms with E-state index >= 15 is 0 Å². The van der Waals surface area contributed by atoms with Crippen LogP contribution in [0.15, 0.2) is 11.1 Å². The zero-order valence-electron chi connectivity index (χ0n) is 11.9. The molecular weight excluding hydrogens is 210 g/mol. The molecule has 0 aromatic carbocycles. The predicted molar refractivity (Wildman–Crippen MR) is 72.2 cm³/mol. The fraction of sp³-hybridized carbons (Fsp3) is 0.867. The quantitative estimate of drug-likeness (QED) is 0.683. The summed E-state index contributed by atoms with van der Waals surface area (Å²) in [5.74, 6) is 0. The van der Waals surface area contributed by atoms with E-state index in [-0.39, 0.29) is 5.60 Å². The van der Waals surface area contributed by atoms with Crippen molar-refractivity contribution in [3.05, 3.63) is 11.1 Å². The highest BCUT2D eigenvalue weighted by atomic mass is 16.5. The number of nitrogens with zero attached hydrogens (tertiary/aromatic N) is 1. The molecule has 2 heteroatoms. The van der Waals surface area contributed by atoms with Crippen LogP contribution < -0.4 is 0 Å². The number of likely N-dealkylation sites (tertiary alicyclic amines) is 1. The van der Waals surface area contributed by atoms with Crippen molar-refractivity contribution in [2.45, 2.75) is 64.6 Å². The molecule has 0 N–H and O–H groups in total. The molecule has 17 heavy (non-hydrogen) atoms. The predicted octanol–water partition coefficient (Wildman–Crippen LogP) is 3.38. The van der Waals surface area contributed by atoms with Crippen molar-refractivity contribution >= 4 is 0 Å². The van der Waals surface area contributed by atoms with Gasteiger partial charge in [-0.2, -0.15) is 0 Å². The van der Waals surface area contributed by atoms with Crippen molar-refractivity contribution in [1.82, 2.24) is 4.90 Å². The molecule has 2 atom stereocenters. The molecule has 0 aromatic rings. The van der Waals surface area contributed by atoms with Gasteiger partial charge in [0.25, 0.3) is 0 Å². The van der Waals surface area contributed by atoms with Crippen molar-refractivity contribution in [3.63, 3.8) is 0 Å². The first-order valence-electron chi connectivity index (χ1n) is 7.15. The van der Waals surface area contributed by atoms with Gasteiger partial charge in [0.1, 0.15) is 0 Å². The third-order valence-electron chi connectivity index (χ3n) is 4.56. The minimum Gasteiger partial charge on any atom is -0.363 e. The average Bonchev–Trinajstić information content (AvgIpc) is 2.45. The lowest BCUT2D eigenvalue weighted by Gasteiger charge is -2.31. The molecule has 1 fully saturated rings. The van der Waals surface area contributed by atoms with Gasteiger partial charge in [-0.1, -0.05) is 13.3 Å². The molecular formula is C15H27NO. The summed E-state index contributed by atoms with van der Waals surface area (Å²) in [7, 11) is 2.23. The van der Waals surface area contributed by atoms with E-state index in [1.54, 1.807) is 5.57 Å². The fourth-order valence-electron chi connectivity index (χ4n) is 3.44.